The molecule has 0 atom stereocenters. The van der Waals surface area contributed by atoms with Crippen LogP contribution in [0.1, 0.15) is 62.5 Å². The van der Waals surface area contributed by atoms with Crippen LogP contribution in [0.5, 0.6) is 0 Å². The number of benzene rings is 1. The van der Waals surface area contributed by atoms with Gasteiger partial charge in [0.25, 0.3) is 17.7 Å². The number of piperazine rings is 1. The van der Waals surface area contributed by atoms with Gasteiger partial charge in [0.15, 0.2) is 0 Å². The number of amides is 4. The number of rotatable bonds is 5. The van der Waals surface area contributed by atoms with E-state index in [4.69, 9.17) is 0 Å². The third-order valence-electron chi connectivity index (χ3n) is 6.78. The molecule has 5 rings (SSSR count). The van der Waals surface area contributed by atoms with Crippen LogP contribution < -0.4 is 0 Å². The second-order valence-electron chi connectivity index (χ2n) is 8.77. The highest BCUT2D eigenvalue weighted by Crippen LogP contribution is 2.23. The number of hydrogen-bond donors (Lipinski definition) is 0. The molecular formula is C24H27N5O4. The van der Waals surface area contributed by atoms with Crippen molar-refractivity contribution in [2.45, 2.75) is 38.6 Å². The zero-order valence-corrected chi connectivity index (χ0v) is 18.5. The van der Waals surface area contributed by atoms with Crippen LogP contribution in [0.15, 0.2) is 30.5 Å². The molecule has 0 radical (unpaired) electrons. The molecule has 0 spiro atoms. The maximum atomic E-state index is 13.0. The summed E-state index contributed by atoms with van der Waals surface area (Å²) < 4.78 is 1.94. The third kappa shape index (κ3) is 3.92. The topological polar surface area (TPSA) is 95.8 Å². The minimum Gasteiger partial charge on any atom is -0.339 e. The van der Waals surface area contributed by atoms with Gasteiger partial charge in [-0.05, 0) is 37.8 Å². The molecule has 172 valence electrons. The SMILES string of the molecule is O=C(CCCN1C(=O)c2ccccc2C1=O)N1CCN(C(=O)c2cnn3c2CCCC3)CC1. The highest BCUT2D eigenvalue weighted by molar-refractivity contribution is 6.21. The van der Waals surface area contributed by atoms with Crippen LogP contribution in [0, 0.1) is 0 Å². The van der Waals surface area contributed by atoms with Crippen molar-refractivity contribution in [3.05, 3.63) is 52.8 Å². The Kier molecular flexibility index (Phi) is 5.70. The first-order chi connectivity index (χ1) is 16.0. The van der Waals surface area contributed by atoms with Crippen LogP contribution in [-0.4, -0.2) is 80.8 Å². The highest BCUT2D eigenvalue weighted by Gasteiger charge is 2.35. The number of imide groups is 1. The lowest BCUT2D eigenvalue weighted by molar-refractivity contribution is -0.132. The van der Waals surface area contributed by atoms with Crippen LogP contribution in [0.25, 0.3) is 0 Å². The van der Waals surface area contributed by atoms with Crippen molar-refractivity contribution >= 4 is 23.6 Å². The van der Waals surface area contributed by atoms with Gasteiger partial charge >= 0.3 is 0 Å². The van der Waals surface area contributed by atoms with Gasteiger partial charge in [-0.15, -0.1) is 0 Å². The molecule has 4 heterocycles. The third-order valence-corrected chi connectivity index (χ3v) is 6.78. The summed E-state index contributed by atoms with van der Waals surface area (Å²) in [6, 6.07) is 6.79. The number of hydrogen-bond acceptors (Lipinski definition) is 5. The zero-order chi connectivity index (χ0) is 22.9. The highest BCUT2D eigenvalue weighted by atomic mass is 16.2. The summed E-state index contributed by atoms with van der Waals surface area (Å²) in [6.07, 6.45) is 5.42. The summed E-state index contributed by atoms with van der Waals surface area (Å²) >= 11 is 0. The molecule has 0 saturated carbocycles. The lowest BCUT2D eigenvalue weighted by Gasteiger charge is -2.35. The lowest BCUT2D eigenvalue weighted by Crippen LogP contribution is -2.50. The number of nitrogens with zero attached hydrogens (tertiary/aromatic N) is 5. The molecule has 3 aliphatic rings. The number of aromatic nitrogens is 2. The maximum Gasteiger partial charge on any atom is 0.261 e. The molecular weight excluding hydrogens is 422 g/mol. The van der Waals surface area contributed by atoms with Gasteiger partial charge in [0.1, 0.15) is 0 Å². The molecule has 3 aliphatic heterocycles. The number of aryl methyl sites for hydroxylation is 1. The van der Waals surface area contributed by atoms with Gasteiger partial charge in [0.2, 0.25) is 5.91 Å². The molecule has 33 heavy (non-hydrogen) atoms. The minimum absolute atomic E-state index is 0.00382. The predicted octanol–water partition coefficient (Wildman–Crippen LogP) is 1.58. The molecule has 1 saturated heterocycles. The van der Waals surface area contributed by atoms with Gasteiger partial charge in [-0.1, -0.05) is 12.1 Å². The molecule has 2 aromatic rings. The van der Waals surface area contributed by atoms with E-state index in [0.29, 0.717) is 49.3 Å². The average molecular weight is 450 g/mol. The zero-order valence-electron chi connectivity index (χ0n) is 18.5. The van der Waals surface area contributed by atoms with Gasteiger partial charge in [0.05, 0.1) is 28.6 Å². The van der Waals surface area contributed by atoms with E-state index in [1.54, 1.807) is 40.3 Å². The van der Waals surface area contributed by atoms with Crippen LogP contribution >= 0.6 is 0 Å². The monoisotopic (exact) mass is 449 g/mol. The summed E-state index contributed by atoms with van der Waals surface area (Å²) in [4.78, 5) is 55.3. The van der Waals surface area contributed by atoms with Crippen molar-refractivity contribution < 1.29 is 19.2 Å². The fourth-order valence-electron chi connectivity index (χ4n) is 4.92. The summed E-state index contributed by atoms with van der Waals surface area (Å²) in [7, 11) is 0. The lowest BCUT2D eigenvalue weighted by atomic mass is 10.1. The van der Waals surface area contributed by atoms with E-state index in [1.807, 2.05) is 4.68 Å². The quantitative estimate of drug-likeness (QED) is 0.646. The standard InChI is InChI=1S/C24H27N5O4/c30-21(9-5-10-28-23(32)17-6-1-2-7-18(17)24(28)33)26-12-14-27(15-13-26)22(31)19-16-25-29-11-4-3-8-20(19)29/h1-2,6-7,16H,3-5,8-15H2. The van der Waals surface area contributed by atoms with E-state index >= 15 is 0 Å². The molecule has 1 fully saturated rings. The van der Waals surface area contributed by atoms with Gasteiger partial charge in [0, 0.05) is 45.7 Å². The van der Waals surface area contributed by atoms with Crippen molar-refractivity contribution in [2.24, 2.45) is 0 Å². The van der Waals surface area contributed by atoms with E-state index in [9.17, 15) is 19.2 Å². The molecule has 9 heteroatoms. The van der Waals surface area contributed by atoms with Crippen molar-refractivity contribution in [2.75, 3.05) is 32.7 Å². The van der Waals surface area contributed by atoms with Gasteiger partial charge < -0.3 is 9.80 Å². The Hall–Kier alpha value is -3.49. The molecule has 1 aromatic heterocycles. The maximum absolute atomic E-state index is 13.0. The van der Waals surface area contributed by atoms with Crippen LogP contribution in [-0.2, 0) is 17.8 Å². The fraction of sp³-hybridized carbons (Fsp3) is 0.458. The Morgan fingerprint density at radius 3 is 2.24 bits per heavy atom. The van der Waals surface area contributed by atoms with E-state index in [1.165, 1.54) is 4.90 Å². The summed E-state index contributed by atoms with van der Waals surface area (Å²) in [5.74, 6) is -0.604. The van der Waals surface area contributed by atoms with Gasteiger partial charge in [-0.2, -0.15) is 5.10 Å². The van der Waals surface area contributed by atoms with Crippen LogP contribution in [0.4, 0.5) is 0 Å². The van der Waals surface area contributed by atoms with E-state index < -0.39 is 0 Å². The fourth-order valence-corrected chi connectivity index (χ4v) is 4.92. The van der Waals surface area contributed by atoms with E-state index in [-0.39, 0.29) is 36.6 Å². The Morgan fingerprint density at radius 2 is 1.55 bits per heavy atom. The first-order valence-electron chi connectivity index (χ1n) is 11.6. The second kappa shape index (κ2) is 8.80. The Morgan fingerprint density at radius 1 is 0.879 bits per heavy atom. The minimum atomic E-state index is -0.294. The van der Waals surface area contributed by atoms with Crippen LogP contribution in [0.2, 0.25) is 0 Å². The van der Waals surface area contributed by atoms with Crippen molar-refractivity contribution in [1.82, 2.24) is 24.5 Å². The van der Waals surface area contributed by atoms with Crippen molar-refractivity contribution in [1.29, 1.82) is 0 Å². The predicted molar refractivity (Wildman–Crippen MR) is 119 cm³/mol. The average Bonchev–Trinajstić information content (AvgIpc) is 3.39. The Balaban J connectivity index is 1.10. The summed E-state index contributed by atoms with van der Waals surface area (Å²) in [5, 5.41) is 4.36. The van der Waals surface area contributed by atoms with E-state index in [0.717, 1.165) is 31.5 Å². The summed E-state index contributed by atoms with van der Waals surface area (Å²) in [5.41, 5.74) is 2.57. The van der Waals surface area contributed by atoms with Gasteiger partial charge in [-0.25, -0.2) is 0 Å². The van der Waals surface area contributed by atoms with Crippen molar-refractivity contribution in [3.63, 3.8) is 0 Å². The first-order valence-corrected chi connectivity index (χ1v) is 11.6. The van der Waals surface area contributed by atoms with Crippen molar-refractivity contribution in [3.8, 4) is 0 Å². The molecule has 1 aromatic carbocycles. The summed E-state index contributed by atoms with van der Waals surface area (Å²) in [6.45, 7) is 3.05. The van der Waals surface area contributed by atoms with E-state index in [2.05, 4.69) is 5.10 Å². The normalized spacial score (nSPS) is 17.9. The molecule has 0 bridgehead atoms. The smallest absolute Gasteiger partial charge is 0.261 e. The molecule has 4 amide bonds. The number of carbonyl (C=O) groups is 4. The first kappa shape index (κ1) is 21.4. The molecule has 0 N–H and O–H groups in total. The van der Waals surface area contributed by atoms with Crippen LogP contribution in [0.3, 0.4) is 0 Å². The Labute approximate surface area is 191 Å². The molecule has 0 aliphatic carbocycles. The number of carbonyl (C=O) groups excluding carboxylic acids is 4. The largest absolute Gasteiger partial charge is 0.339 e. The second-order valence-corrected chi connectivity index (χ2v) is 8.77. The molecule has 9 nitrogen and oxygen atoms in total. The van der Waals surface area contributed by atoms with Gasteiger partial charge in [-0.3, -0.25) is 28.8 Å². The Bertz CT molecular complexity index is 1080. The molecule has 0 unspecified atom stereocenters. The number of fused-ring (bicyclic) bond motifs is 2.